The summed E-state index contributed by atoms with van der Waals surface area (Å²) in [5.41, 5.74) is 1.71. The quantitative estimate of drug-likeness (QED) is 0.288. The van der Waals surface area contributed by atoms with Gasteiger partial charge in [0, 0.05) is 9.49 Å². The van der Waals surface area contributed by atoms with E-state index in [1.54, 1.807) is 0 Å². The molecule has 0 saturated heterocycles. The van der Waals surface area contributed by atoms with Gasteiger partial charge in [0.15, 0.2) is 0 Å². The Balaban J connectivity index is 0.000000221. The summed E-state index contributed by atoms with van der Waals surface area (Å²) in [4.78, 5) is 0. The van der Waals surface area contributed by atoms with Crippen LogP contribution in [0.15, 0.2) is 24.3 Å². The molecule has 0 aliphatic heterocycles. The summed E-state index contributed by atoms with van der Waals surface area (Å²) in [5, 5.41) is -5.41. The van der Waals surface area contributed by atoms with E-state index >= 15 is 0 Å². The Hall–Kier alpha value is -0.420. The van der Waals surface area contributed by atoms with Gasteiger partial charge in [0.1, 0.15) is 0 Å². The van der Waals surface area contributed by atoms with E-state index in [9.17, 15) is 26.0 Å². The first-order valence-electron chi connectivity index (χ1n) is 9.06. The summed E-state index contributed by atoms with van der Waals surface area (Å²) in [7, 11) is -6.10. The lowest BCUT2D eigenvalue weighted by molar-refractivity contribution is -0.202. The van der Waals surface area contributed by atoms with E-state index in [1.807, 2.05) is 0 Å². The molecule has 1 aromatic rings. The normalized spacial score (nSPS) is 25.4. The summed E-state index contributed by atoms with van der Waals surface area (Å²) in [6.45, 7) is 6.72. The van der Waals surface area contributed by atoms with Crippen LogP contribution in [-0.4, -0.2) is 24.1 Å². The van der Waals surface area contributed by atoms with Crippen LogP contribution in [0.3, 0.4) is 0 Å². The van der Waals surface area contributed by atoms with E-state index in [1.165, 1.54) is 9.13 Å². The molecule has 160 valence electrons. The number of halogens is 5. The highest BCUT2D eigenvalue weighted by atomic mass is 127. The fourth-order valence-corrected chi connectivity index (χ4v) is 5.84. The van der Waals surface area contributed by atoms with E-state index in [0.29, 0.717) is 12.8 Å². The zero-order valence-corrected chi connectivity index (χ0v) is 18.9. The second-order valence-electron chi connectivity index (χ2n) is 8.63. The van der Waals surface area contributed by atoms with Gasteiger partial charge in [0.05, 0.1) is 0 Å². The summed E-state index contributed by atoms with van der Waals surface area (Å²) < 4.78 is 83.7. The molecule has 0 aromatic heterocycles. The van der Waals surface area contributed by atoms with Crippen molar-refractivity contribution in [3.8, 4) is 0 Å². The Bertz CT molecular complexity index is 806. The summed E-state index contributed by atoms with van der Waals surface area (Å²) >= 11 is 2.39. The van der Waals surface area contributed by atoms with Crippen molar-refractivity contribution in [2.24, 2.45) is 17.8 Å². The number of rotatable bonds is 3. The molecular formula is C19H25F4IO3S. The monoisotopic (exact) mass is 536 g/mol. The molecular weight excluding hydrogens is 511 g/mol. The van der Waals surface area contributed by atoms with Crippen LogP contribution in [0.25, 0.3) is 0 Å². The molecule has 2 fully saturated rings. The maximum absolute atomic E-state index is 13.6. The largest absolute Gasteiger partial charge is 0.431 e. The number of hydrogen-bond acceptors (Lipinski definition) is 2. The van der Waals surface area contributed by atoms with Gasteiger partial charge >= 0.3 is 21.3 Å². The third-order valence-corrected chi connectivity index (χ3v) is 7.46. The van der Waals surface area contributed by atoms with Crippen LogP contribution in [0.1, 0.15) is 52.0 Å². The Morgan fingerprint density at radius 1 is 1.04 bits per heavy atom. The minimum Gasteiger partial charge on any atom is -0.281 e. The highest BCUT2D eigenvalue weighted by Crippen LogP contribution is 2.58. The topological polar surface area (TPSA) is 54.4 Å². The molecule has 2 saturated carbocycles. The van der Waals surface area contributed by atoms with E-state index in [2.05, 4.69) is 67.6 Å². The number of fused-ring (bicyclic) bond motifs is 2. The minimum absolute atomic E-state index is 0.0203. The molecule has 0 radical (unpaired) electrons. The van der Waals surface area contributed by atoms with Gasteiger partial charge in [-0.2, -0.15) is 26.0 Å². The molecule has 28 heavy (non-hydrogen) atoms. The number of hydrogen-bond donors (Lipinski definition) is 1. The average molecular weight is 536 g/mol. The van der Waals surface area contributed by atoms with Crippen LogP contribution in [0, 0.1) is 21.3 Å². The predicted octanol–water partition coefficient (Wildman–Crippen LogP) is 6.13. The van der Waals surface area contributed by atoms with Crippen molar-refractivity contribution < 1.29 is 30.5 Å². The maximum Gasteiger partial charge on any atom is 0.431 e. The average Bonchev–Trinajstić information content (AvgIpc) is 3.17. The molecule has 3 nitrogen and oxygen atoms in total. The maximum atomic E-state index is 13.6. The van der Waals surface area contributed by atoms with Crippen molar-refractivity contribution >= 4 is 32.7 Å². The van der Waals surface area contributed by atoms with Crippen molar-refractivity contribution in [2.75, 3.05) is 0 Å². The number of alkyl halides is 4. The smallest absolute Gasteiger partial charge is 0.281 e. The SMILES string of the molecule is CC(C)(C)c1ccccc1I.O=S(=O)(O)C(F)(F)C(F)(F)C1CC2CCC1C2. The van der Waals surface area contributed by atoms with E-state index < -0.39 is 33.1 Å². The van der Waals surface area contributed by atoms with Crippen molar-refractivity contribution in [2.45, 2.75) is 63.0 Å². The molecule has 3 rings (SSSR count). The fraction of sp³-hybridized carbons (Fsp3) is 0.684. The van der Waals surface area contributed by atoms with E-state index in [0.717, 1.165) is 6.42 Å². The van der Waals surface area contributed by atoms with Gasteiger partial charge in [0.25, 0.3) is 0 Å². The van der Waals surface area contributed by atoms with Gasteiger partial charge in [-0.15, -0.1) is 0 Å². The first-order chi connectivity index (χ1) is 12.6. The number of benzene rings is 1. The first-order valence-corrected chi connectivity index (χ1v) is 11.6. The highest BCUT2D eigenvalue weighted by molar-refractivity contribution is 14.1. The van der Waals surface area contributed by atoms with E-state index in [4.69, 9.17) is 4.55 Å². The Labute approximate surface area is 177 Å². The van der Waals surface area contributed by atoms with Gasteiger partial charge in [-0.25, -0.2) is 0 Å². The molecule has 9 heteroatoms. The van der Waals surface area contributed by atoms with Gasteiger partial charge < -0.3 is 0 Å². The van der Waals surface area contributed by atoms with Crippen LogP contribution in [0.5, 0.6) is 0 Å². The van der Waals surface area contributed by atoms with Gasteiger partial charge in [-0.3, -0.25) is 4.55 Å². The Kier molecular flexibility index (Phi) is 6.83. The van der Waals surface area contributed by atoms with Crippen LogP contribution in [0.4, 0.5) is 17.6 Å². The lowest BCUT2D eigenvalue weighted by Gasteiger charge is -2.33. The molecule has 0 heterocycles. The van der Waals surface area contributed by atoms with Crippen LogP contribution in [-0.2, 0) is 15.5 Å². The highest BCUT2D eigenvalue weighted by Gasteiger charge is 2.71. The van der Waals surface area contributed by atoms with Gasteiger partial charge in [0.2, 0.25) is 0 Å². The van der Waals surface area contributed by atoms with Crippen LogP contribution < -0.4 is 0 Å². The van der Waals surface area contributed by atoms with Crippen molar-refractivity contribution in [1.29, 1.82) is 0 Å². The summed E-state index contributed by atoms with van der Waals surface area (Å²) in [5.74, 6) is -6.95. The zero-order chi connectivity index (χ0) is 21.5. The fourth-order valence-electron chi connectivity index (χ4n) is 4.15. The lowest BCUT2D eigenvalue weighted by atomic mass is 9.84. The van der Waals surface area contributed by atoms with Gasteiger partial charge in [-0.1, -0.05) is 45.4 Å². The Morgan fingerprint density at radius 3 is 1.96 bits per heavy atom. The third-order valence-electron chi connectivity index (χ3n) is 5.60. The summed E-state index contributed by atoms with van der Waals surface area (Å²) in [6, 6.07) is 8.53. The van der Waals surface area contributed by atoms with Crippen LogP contribution in [0.2, 0.25) is 0 Å². The predicted molar refractivity (Wildman–Crippen MR) is 108 cm³/mol. The molecule has 2 bridgehead atoms. The lowest BCUT2D eigenvalue weighted by Crippen LogP contribution is -2.52. The summed E-state index contributed by atoms with van der Waals surface area (Å²) in [6.07, 6.45) is 1.51. The van der Waals surface area contributed by atoms with Crippen molar-refractivity contribution in [3.63, 3.8) is 0 Å². The minimum atomic E-state index is -6.10. The van der Waals surface area contributed by atoms with Crippen molar-refractivity contribution in [3.05, 3.63) is 33.4 Å². The molecule has 1 aromatic carbocycles. The molecule has 3 atom stereocenters. The molecule has 0 spiro atoms. The van der Waals surface area contributed by atoms with E-state index in [-0.39, 0.29) is 17.8 Å². The molecule has 1 N–H and O–H groups in total. The molecule has 2 aliphatic carbocycles. The zero-order valence-electron chi connectivity index (χ0n) is 15.9. The third kappa shape index (κ3) is 4.66. The first kappa shape index (κ1) is 23.9. The second kappa shape index (κ2) is 8.02. The van der Waals surface area contributed by atoms with Crippen molar-refractivity contribution in [1.82, 2.24) is 0 Å². The molecule has 3 unspecified atom stereocenters. The Morgan fingerprint density at radius 2 is 1.61 bits per heavy atom. The second-order valence-corrected chi connectivity index (χ2v) is 11.3. The van der Waals surface area contributed by atoms with Crippen LogP contribution >= 0.6 is 22.6 Å². The van der Waals surface area contributed by atoms with Gasteiger partial charge in [-0.05, 0) is 70.7 Å². The molecule has 0 amide bonds. The molecule has 2 aliphatic rings. The standard InChI is InChI=1S/C10H13I.C9H12F4O3S/c1-10(2,3)8-6-4-5-7-9(8)11;10-8(11,9(12,13)17(14,15)16)7-4-5-1-2-6(7)3-5/h4-7H,1-3H3;5-7H,1-4H2,(H,14,15,16).